The van der Waals surface area contributed by atoms with Crippen molar-refractivity contribution in [2.24, 2.45) is 0 Å². The molecular weight excluding hydrogens is 320 g/mol. The van der Waals surface area contributed by atoms with Crippen molar-refractivity contribution in [1.82, 2.24) is 9.71 Å². The third kappa shape index (κ3) is 4.66. The molecule has 0 amide bonds. The first-order chi connectivity index (χ1) is 10.5. The van der Waals surface area contributed by atoms with Crippen LogP contribution < -0.4 is 4.72 Å². The smallest absolute Gasteiger partial charge is 0.241 e. The molecule has 1 N–H and O–H groups in total. The maximum absolute atomic E-state index is 12.2. The number of rotatable bonds is 7. The van der Waals surface area contributed by atoms with Crippen molar-refractivity contribution in [2.75, 3.05) is 5.75 Å². The van der Waals surface area contributed by atoms with Crippen molar-refractivity contribution in [1.29, 1.82) is 0 Å². The number of aromatic nitrogens is 1. The summed E-state index contributed by atoms with van der Waals surface area (Å²) in [5.41, 5.74) is 0.969. The molecule has 0 fully saturated rings. The summed E-state index contributed by atoms with van der Waals surface area (Å²) >= 11 is 1.32. The fourth-order valence-corrected chi connectivity index (χ4v) is 3.79. The molecule has 0 saturated carbocycles. The van der Waals surface area contributed by atoms with E-state index in [1.54, 1.807) is 30.5 Å². The Morgan fingerprint density at radius 2 is 1.95 bits per heavy atom. The lowest BCUT2D eigenvalue weighted by Crippen LogP contribution is -2.37. The third-order valence-corrected chi connectivity index (χ3v) is 5.42. The van der Waals surface area contributed by atoms with Crippen LogP contribution >= 0.6 is 11.8 Å². The average molecular weight is 336 g/mol. The molecule has 22 heavy (non-hydrogen) atoms. The number of carbonyl (C=O) groups excluding carboxylic acids is 1. The molecule has 2 rings (SSSR count). The Labute approximate surface area is 134 Å². The number of thioether (sulfide) groups is 1. The predicted molar refractivity (Wildman–Crippen MR) is 86.3 cm³/mol. The Bertz CT molecular complexity index is 716. The minimum absolute atomic E-state index is 0.146. The maximum atomic E-state index is 12.2. The zero-order valence-electron chi connectivity index (χ0n) is 12.0. The van der Waals surface area contributed by atoms with Gasteiger partial charge in [0.05, 0.1) is 16.0 Å². The molecule has 0 bridgehead atoms. The molecule has 0 aliphatic carbocycles. The summed E-state index contributed by atoms with van der Waals surface area (Å²) in [6, 6.07) is 11.1. The summed E-state index contributed by atoms with van der Waals surface area (Å²) in [6.07, 6.45) is 2.25. The minimum atomic E-state index is -3.71. The molecular formula is C15H16N2O3S2. The van der Waals surface area contributed by atoms with Crippen LogP contribution in [0.3, 0.4) is 0 Å². The van der Waals surface area contributed by atoms with Crippen LogP contribution in [0.1, 0.15) is 5.56 Å². The van der Waals surface area contributed by atoms with Crippen LogP contribution in [0.25, 0.3) is 0 Å². The lowest BCUT2D eigenvalue weighted by Gasteiger charge is -2.13. The minimum Gasteiger partial charge on any atom is -0.302 e. The molecule has 1 heterocycles. The molecule has 7 heteroatoms. The van der Waals surface area contributed by atoms with Gasteiger partial charge in [0.2, 0.25) is 10.0 Å². The zero-order chi connectivity index (χ0) is 16.0. The second-order valence-electron chi connectivity index (χ2n) is 4.66. The maximum Gasteiger partial charge on any atom is 0.241 e. The van der Waals surface area contributed by atoms with E-state index in [9.17, 15) is 13.2 Å². The van der Waals surface area contributed by atoms with Crippen LogP contribution in [0.15, 0.2) is 58.6 Å². The summed E-state index contributed by atoms with van der Waals surface area (Å²) in [6.45, 7) is 1.88. The van der Waals surface area contributed by atoms with Crippen molar-refractivity contribution in [3.8, 4) is 0 Å². The quantitative estimate of drug-likeness (QED) is 0.618. The van der Waals surface area contributed by atoms with E-state index in [4.69, 9.17) is 0 Å². The van der Waals surface area contributed by atoms with Crippen molar-refractivity contribution >= 4 is 28.1 Å². The number of nitrogens with zero attached hydrogens (tertiary/aromatic N) is 1. The van der Waals surface area contributed by atoms with Gasteiger partial charge in [-0.15, -0.1) is 11.8 Å². The van der Waals surface area contributed by atoms with Crippen molar-refractivity contribution < 1.29 is 13.2 Å². The molecule has 1 aromatic carbocycles. The standard InChI is InChI=1S/C15H16N2O3S2/c1-12-5-7-14(8-6-12)22(19,20)17-13(10-18)11-21-15-4-2-3-9-16-15/h2-10,13,17H,11H2,1H3. The number of nitrogens with one attached hydrogen (secondary N) is 1. The lowest BCUT2D eigenvalue weighted by atomic mass is 10.2. The largest absolute Gasteiger partial charge is 0.302 e. The van der Waals surface area contributed by atoms with Gasteiger partial charge in [0.25, 0.3) is 0 Å². The third-order valence-electron chi connectivity index (χ3n) is 2.85. The Hall–Kier alpha value is -1.70. The Morgan fingerprint density at radius 3 is 2.55 bits per heavy atom. The number of hydrogen-bond acceptors (Lipinski definition) is 5. The number of benzene rings is 1. The first-order valence-corrected chi connectivity index (χ1v) is 9.06. The van der Waals surface area contributed by atoms with Gasteiger partial charge >= 0.3 is 0 Å². The second-order valence-corrected chi connectivity index (χ2v) is 7.41. The number of carbonyl (C=O) groups is 1. The number of aldehydes is 1. The van der Waals surface area contributed by atoms with E-state index in [-0.39, 0.29) is 10.6 Å². The molecule has 2 aromatic rings. The molecule has 1 atom stereocenters. The lowest BCUT2D eigenvalue weighted by molar-refractivity contribution is -0.108. The summed E-state index contributed by atoms with van der Waals surface area (Å²) < 4.78 is 26.9. The average Bonchev–Trinajstić information content (AvgIpc) is 2.52. The fourth-order valence-electron chi connectivity index (χ4n) is 1.69. The van der Waals surface area contributed by atoms with Gasteiger partial charge in [-0.25, -0.2) is 18.1 Å². The van der Waals surface area contributed by atoms with Crippen LogP contribution in [0, 0.1) is 6.92 Å². The topological polar surface area (TPSA) is 76.1 Å². The Morgan fingerprint density at radius 1 is 1.23 bits per heavy atom. The zero-order valence-corrected chi connectivity index (χ0v) is 13.6. The highest BCUT2D eigenvalue weighted by Gasteiger charge is 2.19. The van der Waals surface area contributed by atoms with E-state index < -0.39 is 16.1 Å². The van der Waals surface area contributed by atoms with E-state index in [0.717, 1.165) is 10.6 Å². The van der Waals surface area contributed by atoms with E-state index in [2.05, 4.69) is 9.71 Å². The van der Waals surface area contributed by atoms with Gasteiger partial charge in [-0.05, 0) is 31.2 Å². The van der Waals surface area contributed by atoms with Crippen molar-refractivity contribution in [3.63, 3.8) is 0 Å². The van der Waals surface area contributed by atoms with Gasteiger partial charge in [-0.1, -0.05) is 23.8 Å². The number of sulfonamides is 1. The van der Waals surface area contributed by atoms with Gasteiger partial charge in [-0.2, -0.15) is 0 Å². The van der Waals surface area contributed by atoms with E-state index in [0.29, 0.717) is 6.29 Å². The van der Waals surface area contributed by atoms with Crippen LogP contribution in [-0.2, 0) is 14.8 Å². The molecule has 0 aliphatic rings. The molecule has 0 radical (unpaired) electrons. The molecule has 1 aromatic heterocycles. The van der Waals surface area contributed by atoms with Crippen molar-refractivity contribution in [2.45, 2.75) is 22.9 Å². The fraction of sp³-hybridized carbons (Fsp3) is 0.200. The molecule has 0 aliphatic heterocycles. The number of aryl methyl sites for hydroxylation is 1. The van der Waals surface area contributed by atoms with E-state index >= 15 is 0 Å². The molecule has 1 unspecified atom stereocenters. The Balaban J connectivity index is 2.02. The normalized spacial score (nSPS) is 12.8. The van der Waals surface area contributed by atoms with Gasteiger partial charge < -0.3 is 4.79 Å². The monoisotopic (exact) mass is 336 g/mol. The molecule has 5 nitrogen and oxygen atoms in total. The van der Waals surface area contributed by atoms with Crippen LogP contribution in [0.4, 0.5) is 0 Å². The van der Waals surface area contributed by atoms with E-state index in [1.807, 2.05) is 13.0 Å². The van der Waals surface area contributed by atoms with E-state index in [1.165, 1.54) is 23.9 Å². The highest BCUT2D eigenvalue weighted by molar-refractivity contribution is 7.99. The highest BCUT2D eigenvalue weighted by atomic mass is 32.2. The SMILES string of the molecule is Cc1ccc(S(=O)(=O)NC(C=O)CSc2ccccn2)cc1. The number of pyridine rings is 1. The summed E-state index contributed by atoms with van der Waals surface area (Å²) in [5.74, 6) is 0.283. The molecule has 0 saturated heterocycles. The van der Waals surface area contributed by atoms with Crippen LogP contribution in [0.5, 0.6) is 0 Å². The van der Waals surface area contributed by atoms with Crippen molar-refractivity contribution in [3.05, 3.63) is 54.2 Å². The van der Waals surface area contributed by atoms with Crippen LogP contribution in [-0.4, -0.2) is 31.5 Å². The molecule has 0 spiro atoms. The van der Waals surface area contributed by atoms with Gasteiger partial charge in [0, 0.05) is 11.9 Å². The first kappa shape index (κ1) is 16.7. The van der Waals surface area contributed by atoms with Crippen LogP contribution in [0.2, 0.25) is 0 Å². The summed E-state index contributed by atoms with van der Waals surface area (Å²) in [4.78, 5) is 15.4. The number of hydrogen-bond donors (Lipinski definition) is 1. The molecule has 116 valence electrons. The van der Waals surface area contributed by atoms with Gasteiger partial charge in [-0.3, -0.25) is 0 Å². The first-order valence-electron chi connectivity index (χ1n) is 6.59. The predicted octanol–water partition coefficient (Wildman–Crippen LogP) is 2.03. The Kier molecular flexibility index (Phi) is 5.70. The second kappa shape index (κ2) is 7.53. The van der Waals surface area contributed by atoms with Gasteiger partial charge in [0.15, 0.2) is 0 Å². The summed E-state index contributed by atoms with van der Waals surface area (Å²) in [7, 11) is -3.71. The summed E-state index contributed by atoms with van der Waals surface area (Å²) in [5, 5.41) is 0.740. The van der Waals surface area contributed by atoms with Gasteiger partial charge in [0.1, 0.15) is 6.29 Å². The highest BCUT2D eigenvalue weighted by Crippen LogP contribution is 2.16.